The van der Waals surface area contributed by atoms with Gasteiger partial charge in [-0.1, -0.05) is 18.2 Å². The van der Waals surface area contributed by atoms with Gasteiger partial charge in [-0.3, -0.25) is 5.10 Å². The average Bonchev–Trinajstić information content (AvgIpc) is 2.60. The van der Waals surface area contributed by atoms with Crippen molar-refractivity contribution in [3.8, 4) is 0 Å². The highest BCUT2D eigenvalue weighted by atomic mass is 19.3. The van der Waals surface area contributed by atoms with Crippen molar-refractivity contribution in [2.75, 3.05) is 0 Å². The fourth-order valence-corrected chi connectivity index (χ4v) is 1.33. The van der Waals surface area contributed by atoms with E-state index in [0.29, 0.717) is 10.9 Å². The molecule has 2 rings (SSSR count). The molecular weight excluding hydrogens is 190 g/mol. The normalized spacial score (nSPS) is 13.7. The molecule has 1 atom stereocenters. The molecule has 1 unspecified atom stereocenters. The summed E-state index contributed by atoms with van der Waals surface area (Å²) in [7, 11) is 0. The van der Waals surface area contributed by atoms with Crippen molar-refractivity contribution in [3.63, 3.8) is 0 Å². The highest BCUT2D eigenvalue weighted by Crippen LogP contribution is 2.25. The summed E-state index contributed by atoms with van der Waals surface area (Å²) in [6.45, 7) is 0. The van der Waals surface area contributed by atoms with Crippen LogP contribution in [0.1, 0.15) is 11.8 Å². The van der Waals surface area contributed by atoms with E-state index in [-0.39, 0.29) is 5.69 Å². The number of hydrogen-bond donors (Lipinski definition) is 2. The zero-order valence-electron chi connectivity index (χ0n) is 7.11. The Morgan fingerprint density at radius 2 is 2.00 bits per heavy atom. The third kappa shape index (κ3) is 1.35. The van der Waals surface area contributed by atoms with Crippen LogP contribution in [0.15, 0.2) is 24.3 Å². The zero-order valence-corrected chi connectivity index (χ0v) is 7.11. The second-order valence-electron chi connectivity index (χ2n) is 2.93. The maximum atomic E-state index is 12.2. The number of nitrogens with one attached hydrogen (secondary N) is 1. The molecule has 0 aliphatic heterocycles. The summed E-state index contributed by atoms with van der Waals surface area (Å²) in [6.07, 6.45) is -4.61. The molecule has 3 nitrogen and oxygen atoms in total. The number of H-pyrrole nitrogens is 1. The van der Waals surface area contributed by atoms with Crippen LogP contribution >= 0.6 is 0 Å². The number of aromatic amines is 1. The van der Waals surface area contributed by atoms with Gasteiger partial charge in [-0.2, -0.15) is 5.10 Å². The summed E-state index contributed by atoms with van der Waals surface area (Å²) < 4.78 is 24.4. The van der Waals surface area contributed by atoms with Crippen LogP contribution in [0.25, 0.3) is 10.9 Å². The van der Waals surface area contributed by atoms with Crippen molar-refractivity contribution in [1.82, 2.24) is 10.2 Å². The first kappa shape index (κ1) is 9.08. The molecule has 0 aliphatic carbocycles. The Balaban J connectivity index is 2.53. The molecule has 1 heterocycles. The molecule has 0 spiro atoms. The summed E-state index contributed by atoms with van der Waals surface area (Å²) in [6, 6.07) is 6.79. The number of benzene rings is 1. The van der Waals surface area contributed by atoms with Gasteiger partial charge in [0.05, 0.1) is 11.2 Å². The van der Waals surface area contributed by atoms with Crippen molar-refractivity contribution < 1.29 is 13.9 Å². The molecule has 0 saturated carbocycles. The highest BCUT2D eigenvalue weighted by molar-refractivity contribution is 5.81. The second-order valence-corrected chi connectivity index (χ2v) is 2.93. The Labute approximate surface area is 78.4 Å². The molecule has 1 aromatic heterocycles. The standard InChI is InChI=1S/C9H8F2N2O/c10-9(11)8(14)7-5-3-1-2-4-6(5)12-13-7/h1-4,8-9,14H,(H,12,13). The molecule has 2 N–H and O–H groups in total. The lowest BCUT2D eigenvalue weighted by atomic mass is 10.1. The van der Waals surface area contributed by atoms with E-state index in [1.165, 1.54) is 0 Å². The van der Waals surface area contributed by atoms with Gasteiger partial charge in [0.1, 0.15) is 0 Å². The highest BCUT2D eigenvalue weighted by Gasteiger charge is 2.22. The van der Waals surface area contributed by atoms with Crippen LogP contribution in [0.3, 0.4) is 0 Å². The lowest BCUT2D eigenvalue weighted by molar-refractivity contribution is -0.00743. The van der Waals surface area contributed by atoms with Crippen molar-refractivity contribution in [3.05, 3.63) is 30.0 Å². The molecule has 0 radical (unpaired) electrons. The van der Waals surface area contributed by atoms with Gasteiger partial charge in [-0.15, -0.1) is 0 Å². The molecule has 0 aliphatic rings. The maximum Gasteiger partial charge on any atom is 0.269 e. The lowest BCUT2D eigenvalue weighted by Crippen LogP contribution is -2.08. The quantitative estimate of drug-likeness (QED) is 0.773. The molecule has 0 bridgehead atoms. The van der Waals surface area contributed by atoms with Crippen LogP contribution in [-0.4, -0.2) is 21.7 Å². The Hall–Kier alpha value is -1.49. The van der Waals surface area contributed by atoms with E-state index in [1.807, 2.05) is 0 Å². The summed E-state index contributed by atoms with van der Waals surface area (Å²) in [5.41, 5.74) is 0.637. The van der Waals surface area contributed by atoms with Crippen LogP contribution in [0.5, 0.6) is 0 Å². The monoisotopic (exact) mass is 198 g/mol. The zero-order chi connectivity index (χ0) is 10.1. The van der Waals surface area contributed by atoms with Gasteiger partial charge in [0.2, 0.25) is 0 Å². The average molecular weight is 198 g/mol. The number of para-hydroxylation sites is 1. The van der Waals surface area contributed by atoms with Gasteiger partial charge < -0.3 is 5.11 Å². The molecule has 1 aromatic carbocycles. The van der Waals surface area contributed by atoms with Crippen LogP contribution in [0.4, 0.5) is 8.78 Å². The Kier molecular flexibility index (Phi) is 2.17. The van der Waals surface area contributed by atoms with Gasteiger partial charge in [0.25, 0.3) is 6.43 Å². The number of alkyl halides is 2. The lowest BCUT2D eigenvalue weighted by Gasteiger charge is -2.06. The summed E-state index contributed by atoms with van der Waals surface area (Å²) in [5, 5.41) is 15.9. The summed E-state index contributed by atoms with van der Waals surface area (Å²) in [4.78, 5) is 0. The van der Waals surface area contributed by atoms with Crippen LogP contribution < -0.4 is 0 Å². The van der Waals surface area contributed by atoms with Crippen LogP contribution in [0.2, 0.25) is 0 Å². The number of nitrogens with zero attached hydrogens (tertiary/aromatic N) is 1. The van der Waals surface area contributed by atoms with E-state index >= 15 is 0 Å². The van der Waals surface area contributed by atoms with Crippen molar-refractivity contribution in [2.24, 2.45) is 0 Å². The van der Waals surface area contributed by atoms with Gasteiger partial charge >= 0.3 is 0 Å². The van der Waals surface area contributed by atoms with Gasteiger partial charge in [-0.05, 0) is 6.07 Å². The van der Waals surface area contributed by atoms with E-state index in [2.05, 4.69) is 10.2 Å². The molecule has 0 amide bonds. The third-order valence-corrected chi connectivity index (χ3v) is 2.03. The van der Waals surface area contributed by atoms with E-state index in [0.717, 1.165) is 0 Å². The smallest absolute Gasteiger partial charge is 0.269 e. The Bertz CT molecular complexity index is 441. The number of aromatic nitrogens is 2. The number of aliphatic hydroxyl groups excluding tert-OH is 1. The minimum Gasteiger partial charge on any atom is -0.381 e. The van der Waals surface area contributed by atoms with Crippen molar-refractivity contribution in [1.29, 1.82) is 0 Å². The number of halogens is 2. The summed E-state index contributed by atoms with van der Waals surface area (Å²) >= 11 is 0. The van der Waals surface area contributed by atoms with Crippen LogP contribution in [0, 0.1) is 0 Å². The SMILES string of the molecule is OC(c1[nH]nc2ccccc12)C(F)F. The number of fused-ring (bicyclic) bond motifs is 1. The first-order chi connectivity index (χ1) is 6.70. The Morgan fingerprint density at radius 1 is 1.29 bits per heavy atom. The van der Waals surface area contributed by atoms with E-state index < -0.39 is 12.5 Å². The number of aliphatic hydroxyl groups is 1. The van der Waals surface area contributed by atoms with E-state index in [1.54, 1.807) is 24.3 Å². The van der Waals surface area contributed by atoms with E-state index in [4.69, 9.17) is 5.11 Å². The molecule has 5 heteroatoms. The molecular formula is C9H8F2N2O. The van der Waals surface area contributed by atoms with Gasteiger partial charge in [-0.25, -0.2) is 8.78 Å². The molecule has 0 fully saturated rings. The minimum absolute atomic E-state index is 0.0654. The number of hydrogen-bond acceptors (Lipinski definition) is 2. The van der Waals surface area contributed by atoms with Crippen molar-refractivity contribution >= 4 is 10.9 Å². The maximum absolute atomic E-state index is 12.2. The molecule has 74 valence electrons. The summed E-state index contributed by atoms with van der Waals surface area (Å²) in [5.74, 6) is 0. The largest absolute Gasteiger partial charge is 0.381 e. The molecule has 2 aromatic rings. The third-order valence-electron chi connectivity index (χ3n) is 2.03. The van der Waals surface area contributed by atoms with Crippen LogP contribution in [-0.2, 0) is 0 Å². The fraction of sp³-hybridized carbons (Fsp3) is 0.222. The topological polar surface area (TPSA) is 48.9 Å². The van der Waals surface area contributed by atoms with Gasteiger partial charge in [0, 0.05) is 5.39 Å². The molecule has 14 heavy (non-hydrogen) atoms. The first-order valence-corrected chi connectivity index (χ1v) is 4.09. The second kappa shape index (κ2) is 3.34. The minimum atomic E-state index is -2.81. The van der Waals surface area contributed by atoms with Gasteiger partial charge in [0.15, 0.2) is 6.10 Å². The first-order valence-electron chi connectivity index (χ1n) is 4.09. The predicted octanol–water partition coefficient (Wildman–Crippen LogP) is 1.86. The predicted molar refractivity (Wildman–Crippen MR) is 47.1 cm³/mol. The molecule has 0 saturated heterocycles. The fourth-order valence-electron chi connectivity index (χ4n) is 1.33. The van der Waals surface area contributed by atoms with E-state index in [9.17, 15) is 8.78 Å². The number of rotatable bonds is 2. The van der Waals surface area contributed by atoms with Crippen molar-refractivity contribution in [2.45, 2.75) is 12.5 Å². The Morgan fingerprint density at radius 3 is 2.71 bits per heavy atom.